The van der Waals surface area contributed by atoms with Gasteiger partial charge in [0, 0.05) is 0 Å². The Bertz CT molecular complexity index is 325. The van der Waals surface area contributed by atoms with Gasteiger partial charge in [0.25, 0.3) is 0 Å². The maximum Gasteiger partial charge on any atom is 0.239 e. The van der Waals surface area contributed by atoms with Gasteiger partial charge in [0.1, 0.15) is 5.88 Å². The van der Waals surface area contributed by atoms with Gasteiger partial charge < -0.3 is 5.32 Å². The molecule has 1 rings (SSSR count). The molecule has 0 fully saturated rings. The Labute approximate surface area is 86.8 Å². The van der Waals surface area contributed by atoms with Gasteiger partial charge in [0.2, 0.25) is 5.91 Å². The van der Waals surface area contributed by atoms with Gasteiger partial charge in [-0.3, -0.25) is 4.79 Å². The number of rotatable bonds is 2. The van der Waals surface area contributed by atoms with Gasteiger partial charge in [-0.1, -0.05) is 17.7 Å². The maximum atomic E-state index is 10.9. The lowest BCUT2D eigenvalue weighted by molar-refractivity contribution is -0.113. The predicted molar refractivity (Wildman–Crippen MR) is 55.5 cm³/mol. The molecule has 0 aromatic heterocycles. The third-order valence-corrected chi connectivity index (χ3v) is 2.09. The Morgan fingerprint density at radius 3 is 2.85 bits per heavy atom. The average molecular weight is 218 g/mol. The van der Waals surface area contributed by atoms with Crippen LogP contribution in [0.2, 0.25) is 5.02 Å². The SMILES string of the molecule is Cc1ccc(Cl)c(NC(=O)CCl)c1. The number of nitrogens with one attached hydrogen (secondary N) is 1. The molecule has 0 unspecified atom stereocenters. The highest BCUT2D eigenvalue weighted by molar-refractivity contribution is 6.34. The summed E-state index contributed by atoms with van der Waals surface area (Å²) in [6, 6.07) is 5.41. The number of anilines is 1. The molecule has 0 atom stereocenters. The molecule has 0 saturated heterocycles. The molecule has 1 N–H and O–H groups in total. The van der Waals surface area contributed by atoms with Crippen LogP contribution in [0.3, 0.4) is 0 Å². The van der Waals surface area contributed by atoms with E-state index in [1.165, 1.54) is 0 Å². The predicted octanol–water partition coefficient (Wildman–Crippen LogP) is 2.83. The summed E-state index contributed by atoms with van der Waals surface area (Å²) < 4.78 is 0. The lowest BCUT2D eigenvalue weighted by Crippen LogP contribution is -2.12. The largest absolute Gasteiger partial charge is 0.324 e. The second-order valence-corrected chi connectivity index (χ2v) is 3.34. The Balaban J connectivity index is 2.87. The fraction of sp³-hybridized carbons (Fsp3) is 0.222. The first-order chi connectivity index (χ1) is 6.13. The van der Waals surface area contributed by atoms with E-state index in [1.807, 2.05) is 13.0 Å². The van der Waals surface area contributed by atoms with E-state index in [9.17, 15) is 4.79 Å². The minimum Gasteiger partial charge on any atom is -0.324 e. The number of carbonyl (C=O) groups excluding carboxylic acids is 1. The van der Waals surface area contributed by atoms with Crippen LogP contribution in [-0.4, -0.2) is 11.8 Å². The third kappa shape index (κ3) is 2.90. The van der Waals surface area contributed by atoms with E-state index >= 15 is 0 Å². The number of amides is 1. The number of hydrogen-bond acceptors (Lipinski definition) is 1. The first-order valence-electron chi connectivity index (χ1n) is 3.75. The summed E-state index contributed by atoms with van der Waals surface area (Å²) in [5, 5.41) is 3.12. The van der Waals surface area contributed by atoms with Crippen LogP contribution in [0.15, 0.2) is 18.2 Å². The number of alkyl halides is 1. The summed E-state index contributed by atoms with van der Waals surface area (Å²) in [5.41, 5.74) is 1.64. The summed E-state index contributed by atoms with van der Waals surface area (Å²) in [6.07, 6.45) is 0. The summed E-state index contributed by atoms with van der Waals surface area (Å²) >= 11 is 11.2. The Morgan fingerprint density at radius 1 is 1.54 bits per heavy atom. The van der Waals surface area contributed by atoms with Gasteiger partial charge in [-0.05, 0) is 24.6 Å². The molecule has 1 amide bonds. The van der Waals surface area contributed by atoms with Crippen molar-refractivity contribution in [3.05, 3.63) is 28.8 Å². The van der Waals surface area contributed by atoms with E-state index in [4.69, 9.17) is 23.2 Å². The lowest BCUT2D eigenvalue weighted by atomic mass is 10.2. The lowest BCUT2D eigenvalue weighted by Gasteiger charge is -2.05. The van der Waals surface area contributed by atoms with Crippen LogP contribution in [-0.2, 0) is 4.79 Å². The van der Waals surface area contributed by atoms with Crippen LogP contribution in [0.25, 0.3) is 0 Å². The molecule has 0 spiro atoms. The van der Waals surface area contributed by atoms with Crippen molar-refractivity contribution in [3.8, 4) is 0 Å². The van der Waals surface area contributed by atoms with E-state index in [0.717, 1.165) is 5.56 Å². The summed E-state index contributed by atoms with van der Waals surface area (Å²) in [7, 11) is 0. The second kappa shape index (κ2) is 4.49. The number of carbonyl (C=O) groups is 1. The van der Waals surface area contributed by atoms with E-state index in [0.29, 0.717) is 10.7 Å². The second-order valence-electron chi connectivity index (χ2n) is 2.67. The molecule has 70 valence electrons. The Morgan fingerprint density at radius 2 is 2.23 bits per heavy atom. The molecule has 0 saturated carbocycles. The van der Waals surface area contributed by atoms with Crippen LogP contribution < -0.4 is 5.32 Å². The van der Waals surface area contributed by atoms with Gasteiger partial charge in [-0.15, -0.1) is 11.6 Å². The maximum absolute atomic E-state index is 10.9. The smallest absolute Gasteiger partial charge is 0.239 e. The minimum absolute atomic E-state index is 0.0652. The monoisotopic (exact) mass is 217 g/mol. The van der Waals surface area contributed by atoms with Gasteiger partial charge in [0.05, 0.1) is 10.7 Å². The standard InChI is InChI=1S/C9H9Cl2NO/c1-6-2-3-7(11)8(4-6)12-9(13)5-10/h2-4H,5H2,1H3,(H,12,13). The van der Waals surface area contributed by atoms with Crippen LogP contribution in [0, 0.1) is 6.92 Å². The molecule has 0 aliphatic heterocycles. The summed E-state index contributed by atoms with van der Waals surface area (Å²) in [4.78, 5) is 10.9. The number of halogens is 2. The topological polar surface area (TPSA) is 29.1 Å². The number of benzene rings is 1. The molecule has 0 bridgehead atoms. The summed E-state index contributed by atoms with van der Waals surface area (Å²) in [6.45, 7) is 1.92. The fourth-order valence-electron chi connectivity index (χ4n) is 0.919. The zero-order valence-corrected chi connectivity index (χ0v) is 8.62. The first kappa shape index (κ1) is 10.4. The highest BCUT2D eigenvalue weighted by Gasteiger charge is 2.03. The Kier molecular flexibility index (Phi) is 3.58. The van der Waals surface area contributed by atoms with Crippen molar-refractivity contribution in [1.29, 1.82) is 0 Å². The molecular weight excluding hydrogens is 209 g/mol. The molecule has 1 aromatic carbocycles. The zero-order chi connectivity index (χ0) is 9.84. The molecule has 0 heterocycles. The molecular formula is C9H9Cl2NO. The minimum atomic E-state index is -0.255. The zero-order valence-electron chi connectivity index (χ0n) is 7.10. The first-order valence-corrected chi connectivity index (χ1v) is 4.66. The fourth-order valence-corrected chi connectivity index (χ4v) is 1.15. The molecule has 13 heavy (non-hydrogen) atoms. The van der Waals surface area contributed by atoms with E-state index < -0.39 is 0 Å². The van der Waals surface area contributed by atoms with Crippen molar-refractivity contribution in [2.45, 2.75) is 6.92 Å². The van der Waals surface area contributed by atoms with Crippen molar-refractivity contribution < 1.29 is 4.79 Å². The van der Waals surface area contributed by atoms with Crippen molar-refractivity contribution in [1.82, 2.24) is 0 Å². The quantitative estimate of drug-likeness (QED) is 0.759. The van der Waals surface area contributed by atoms with Gasteiger partial charge in [-0.2, -0.15) is 0 Å². The highest BCUT2D eigenvalue weighted by atomic mass is 35.5. The molecule has 1 aromatic rings. The molecule has 0 aliphatic rings. The van der Waals surface area contributed by atoms with Crippen LogP contribution in [0.4, 0.5) is 5.69 Å². The average Bonchev–Trinajstić information content (AvgIpc) is 2.11. The van der Waals surface area contributed by atoms with Crippen molar-refractivity contribution in [2.75, 3.05) is 11.2 Å². The van der Waals surface area contributed by atoms with Crippen LogP contribution in [0.5, 0.6) is 0 Å². The van der Waals surface area contributed by atoms with E-state index in [1.54, 1.807) is 12.1 Å². The summed E-state index contributed by atoms with van der Waals surface area (Å²) in [5.74, 6) is -0.321. The third-order valence-electron chi connectivity index (χ3n) is 1.52. The van der Waals surface area contributed by atoms with Gasteiger partial charge in [0.15, 0.2) is 0 Å². The van der Waals surface area contributed by atoms with Crippen LogP contribution in [0.1, 0.15) is 5.56 Å². The number of aryl methyl sites for hydroxylation is 1. The highest BCUT2D eigenvalue weighted by Crippen LogP contribution is 2.22. The van der Waals surface area contributed by atoms with Gasteiger partial charge >= 0.3 is 0 Å². The molecule has 0 aliphatic carbocycles. The van der Waals surface area contributed by atoms with E-state index in [-0.39, 0.29) is 11.8 Å². The van der Waals surface area contributed by atoms with E-state index in [2.05, 4.69) is 5.32 Å². The van der Waals surface area contributed by atoms with Crippen molar-refractivity contribution in [2.24, 2.45) is 0 Å². The van der Waals surface area contributed by atoms with Crippen LogP contribution >= 0.6 is 23.2 Å². The number of hydrogen-bond donors (Lipinski definition) is 1. The normalized spacial score (nSPS) is 9.77. The molecule has 0 radical (unpaired) electrons. The van der Waals surface area contributed by atoms with Crippen molar-refractivity contribution >= 4 is 34.8 Å². The van der Waals surface area contributed by atoms with Crippen molar-refractivity contribution in [3.63, 3.8) is 0 Å². The Hall–Kier alpha value is -0.730. The molecule has 4 heteroatoms. The van der Waals surface area contributed by atoms with Gasteiger partial charge in [-0.25, -0.2) is 0 Å². The molecule has 2 nitrogen and oxygen atoms in total.